The lowest BCUT2D eigenvalue weighted by Gasteiger charge is -2.10. The van der Waals surface area contributed by atoms with Crippen molar-refractivity contribution in [3.63, 3.8) is 0 Å². The SMILES string of the molecule is CCCCc1oc(C)c2c1c1ccccc1n2S(=O)(=O)c1ccc(OC)cc1. The zero-order chi connectivity index (χ0) is 19.9. The van der Waals surface area contributed by atoms with Crippen LogP contribution >= 0.6 is 0 Å². The summed E-state index contributed by atoms with van der Waals surface area (Å²) in [6, 6.07) is 14.1. The lowest BCUT2D eigenvalue weighted by atomic mass is 10.1. The van der Waals surface area contributed by atoms with E-state index in [-0.39, 0.29) is 4.90 Å². The lowest BCUT2D eigenvalue weighted by Crippen LogP contribution is -2.12. The third kappa shape index (κ3) is 2.79. The molecule has 0 fully saturated rings. The number of fused-ring (bicyclic) bond motifs is 3. The van der Waals surface area contributed by atoms with Gasteiger partial charge in [-0.25, -0.2) is 12.4 Å². The fourth-order valence-corrected chi connectivity index (χ4v) is 5.28. The Hall–Kier alpha value is -2.73. The van der Waals surface area contributed by atoms with Crippen LogP contribution in [0.2, 0.25) is 0 Å². The Bertz CT molecular complexity index is 1250. The molecule has 2 heterocycles. The summed E-state index contributed by atoms with van der Waals surface area (Å²) in [4.78, 5) is 0.215. The fraction of sp³-hybridized carbons (Fsp3) is 0.273. The zero-order valence-corrected chi connectivity index (χ0v) is 17.0. The van der Waals surface area contributed by atoms with Crippen LogP contribution in [0.5, 0.6) is 5.75 Å². The molecule has 0 saturated heterocycles. The fourth-order valence-electron chi connectivity index (χ4n) is 3.71. The molecule has 6 heteroatoms. The molecule has 0 aliphatic rings. The van der Waals surface area contributed by atoms with Crippen molar-refractivity contribution in [3.8, 4) is 5.75 Å². The molecule has 0 saturated carbocycles. The van der Waals surface area contributed by atoms with Gasteiger partial charge in [-0.3, -0.25) is 0 Å². The van der Waals surface area contributed by atoms with Crippen LogP contribution in [0.15, 0.2) is 57.8 Å². The van der Waals surface area contributed by atoms with E-state index in [1.165, 1.54) is 3.97 Å². The average molecular weight is 397 g/mol. The van der Waals surface area contributed by atoms with E-state index in [2.05, 4.69) is 6.92 Å². The molecule has 0 aliphatic heterocycles. The monoisotopic (exact) mass is 397 g/mol. The Balaban J connectivity index is 2.03. The van der Waals surface area contributed by atoms with Crippen molar-refractivity contribution in [2.45, 2.75) is 38.0 Å². The van der Waals surface area contributed by atoms with Gasteiger partial charge in [-0.05, 0) is 43.7 Å². The van der Waals surface area contributed by atoms with Gasteiger partial charge in [0.1, 0.15) is 22.8 Å². The van der Waals surface area contributed by atoms with Crippen molar-refractivity contribution < 1.29 is 17.6 Å². The van der Waals surface area contributed by atoms with Crippen molar-refractivity contribution in [1.29, 1.82) is 0 Å². The van der Waals surface area contributed by atoms with Crippen LogP contribution in [0.1, 0.15) is 31.3 Å². The predicted octanol–water partition coefficient (Wildman–Crippen LogP) is 5.28. The van der Waals surface area contributed by atoms with Crippen molar-refractivity contribution in [1.82, 2.24) is 3.97 Å². The van der Waals surface area contributed by atoms with Gasteiger partial charge >= 0.3 is 0 Å². The standard InChI is InChI=1S/C22H23NO4S/c1-4-5-10-20-21-18-8-6-7-9-19(18)23(22(21)15(2)27-20)28(24,25)17-13-11-16(26-3)12-14-17/h6-9,11-14H,4-5,10H2,1-3H3. The van der Waals surface area contributed by atoms with Crippen LogP contribution < -0.4 is 4.74 Å². The first-order valence-corrected chi connectivity index (χ1v) is 10.8. The summed E-state index contributed by atoms with van der Waals surface area (Å²) >= 11 is 0. The quantitative estimate of drug-likeness (QED) is 0.444. The number of aromatic nitrogens is 1. The molecule has 5 nitrogen and oxygen atoms in total. The van der Waals surface area contributed by atoms with Crippen molar-refractivity contribution in [3.05, 3.63) is 60.1 Å². The van der Waals surface area contributed by atoms with Crippen molar-refractivity contribution in [2.75, 3.05) is 7.11 Å². The molecule has 146 valence electrons. The van der Waals surface area contributed by atoms with Gasteiger partial charge in [-0.15, -0.1) is 0 Å². The van der Waals surface area contributed by atoms with Crippen LogP contribution in [0.3, 0.4) is 0 Å². The second-order valence-corrected chi connectivity index (χ2v) is 8.66. The van der Waals surface area contributed by atoms with E-state index in [1.54, 1.807) is 31.4 Å². The van der Waals surface area contributed by atoms with Crippen LogP contribution in [0, 0.1) is 6.92 Å². The number of para-hydroxylation sites is 1. The van der Waals surface area contributed by atoms with E-state index in [0.717, 1.165) is 35.8 Å². The van der Waals surface area contributed by atoms with Crippen LogP contribution in [0.25, 0.3) is 21.8 Å². The lowest BCUT2D eigenvalue weighted by molar-refractivity contribution is 0.414. The molecule has 2 aromatic heterocycles. The Morgan fingerprint density at radius 1 is 1.07 bits per heavy atom. The molecule has 0 bridgehead atoms. The Morgan fingerprint density at radius 2 is 1.79 bits per heavy atom. The molecule has 2 aromatic carbocycles. The van der Waals surface area contributed by atoms with E-state index >= 15 is 0 Å². The molecule has 0 atom stereocenters. The van der Waals surface area contributed by atoms with E-state index < -0.39 is 10.0 Å². The molecule has 28 heavy (non-hydrogen) atoms. The minimum absolute atomic E-state index is 0.215. The van der Waals surface area contributed by atoms with E-state index in [0.29, 0.717) is 22.5 Å². The second-order valence-electron chi connectivity index (χ2n) is 6.87. The molecule has 4 aromatic rings. The summed E-state index contributed by atoms with van der Waals surface area (Å²) in [5.74, 6) is 2.09. The van der Waals surface area contributed by atoms with Gasteiger partial charge in [0.25, 0.3) is 10.0 Å². The maximum Gasteiger partial charge on any atom is 0.268 e. The summed E-state index contributed by atoms with van der Waals surface area (Å²) in [6.07, 6.45) is 2.83. The van der Waals surface area contributed by atoms with E-state index in [9.17, 15) is 8.42 Å². The van der Waals surface area contributed by atoms with Gasteiger partial charge in [0.15, 0.2) is 0 Å². The number of furan rings is 1. The molecule has 0 radical (unpaired) electrons. The maximum atomic E-state index is 13.6. The molecule has 4 rings (SSSR count). The number of benzene rings is 2. The van der Waals surface area contributed by atoms with Gasteiger partial charge in [-0.2, -0.15) is 0 Å². The molecular formula is C22H23NO4S. The van der Waals surface area contributed by atoms with Crippen molar-refractivity contribution in [2.24, 2.45) is 0 Å². The molecular weight excluding hydrogens is 374 g/mol. The number of methoxy groups -OCH3 is 1. The van der Waals surface area contributed by atoms with Crippen molar-refractivity contribution >= 4 is 31.8 Å². The normalized spacial score (nSPS) is 12.1. The highest BCUT2D eigenvalue weighted by molar-refractivity contribution is 7.90. The Kier molecular flexibility index (Phi) is 4.67. The average Bonchev–Trinajstić information content (AvgIpc) is 3.22. The first-order valence-electron chi connectivity index (χ1n) is 9.40. The number of hydrogen-bond donors (Lipinski definition) is 0. The third-order valence-electron chi connectivity index (χ3n) is 5.08. The Morgan fingerprint density at radius 3 is 2.46 bits per heavy atom. The third-order valence-corrected chi connectivity index (χ3v) is 6.80. The molecule has 0 amide bonds. The van der Waals surface area contributed by atoms with Crippen LogP contribution in [-0.4, -0.2) is 19.5 Å². The minimum Gasteiger partial charge on any atom is -0.497 e. The van der Waals surface area contributed by atoms with E-state index in [4.69, 9.17) is 9.15 Å². The largest absolute Gasteiger partial charge is 0.497 e. The predicted molar refractivity (Wildman–Crippen MR) is 111 cm³/mol. The topological polar surface area (TPSA) is 61.4 Å². The number of ether oxygens (including phenoxy) is 1. The zero-order valence-electron chi connectivity index (χ0n) is 16.2. The number of hydrogen-bond acceptors (Lipinski definition) is 4. The highest BCUT2D eigenvalue weighted by Crippen LogP contribution is 2.38. The van der Waals surface area contributed by atoms with Gasteiger partial charge in [0, 0.05) is 11.8 Å². The van der Waals surface area contributed by atoms with Crippen LogP contribution in [-0.2, 0) is 16.4 Å². The van der Waals surface area contributed by atoms with Gasteiger partial charge in [0.05, 0.1) is 22.9 Å². The van der Waals surface area contributed by atoms with Crippen LogP contribution in [0.4, 0.5) is 0 Å². The van der Waals surface area contributed by atoms with Gasteiger partial charge in [-0.1, -0.05) is 31.5 Å². The number of rotatable bonds is 6. The number of aryl methyl sites for hydroxylation is 2. The molecule has 0 aliphatic carbocycles. The molecule has 0 N–H and O–H groups in total. The number of nitrogens with zero attached hydrogens (tertiary/aromatic N) is 1. The first-order chi connectivity index (χ1) is 13.5. The van der Waals surface area contributed by atoms with Gasteiger partial charge < -0.3 is 9.15 Å². The minimum atomic E-state index is -3.80. The summed E-state index contributed by atoms with van der Waals surface area (Å²) < 4.78 is 39.8. The summed E-state index contributed by atoms with van der Waals surface area (Å²) in [5.41, 5.74) is 1.29. The Labute approximate surface area is 164 Å². The summed E-state index contributed by atoms with van der Waals surface area (Å²) in [7, 11) is -2.25. The number of unbranched alkanes of at least 4 members (excludes halogenated alkanes) is 1. The first kappa shape index (κ1) is 18.6. The maximum absolute atomic E-state index is 13.6. The summed E-state index contributed by atoms with van der Waals surface area (Å²) in [6.45, 7) is 3.96. The molecule has 0 spiro atoms. The smallest absolute Gasteiger partial charge is 0.268 e. The highest BCUT2D eigenvalue weighted by atomic mass is 32.2. The molecule has 0 unspecified atom stereocenters. The second kappa shape index (κ2) is 7.02. The van der Waals surface area contributed by atoms with Gasteiger partial charge in [0.2, 0.25) is 0 Å². The summed E-state index contributed by atoms with van der Waals surface area (Å²) in [5, 5.41) is 1.80. The van der Waals surface area contributed by atoms with E-state index in [1.807, 2.05) is 31.2 Å². The highest BCUT2D eigenvalue weighted by Gasteiger charge is 2.28.